The minimum absolute atomic E-state index is 0.0647. The molecule has 0 aliphatic rings. The van der Waals surface area contributed by atoms with Gasteiger partial charge in [-0.1, -0.05) is 0 Å². The number of carbonyl (C=O) groups excluding carboxylic acids is 1. The zero-order valence-corrected chi connectivity index (χ0v) is 11.1. The van der Waals surface area contributed by atoms with Gasteiger partial charge in [-0.3, -0.25) is 4.79 Å². The van der Waals surface area contributed by atoms with Crippen LogP contribution in [-0.4, -0.2) is 35.1 Å². The zero-order chi connectivity index (χ0) is 12.2. The largest absolute Gasteiger partial charge is 0.366 e. The van der Waals surface area contributed by atoms with E-state index in [0.29, 0.717) is 0 Å². The molecule has 3 nitrogen and oxygen atoms in total. The Hall–Kier alpha value is -0.570. The van der Waals surface area contributed by atoms with Gasteiger partial charge in [0.2, 0.25) is 5.91 Å². The maximum Gasteiger partial charge on any atom is 0.249 e. The molecule has 0 radical (unpaired) electrons. The van der Waals surface area contributed by atoms with E-state index in [0.717, 1.165) is 0 Å². The minimum atomic E-state index is -0.255. The molecule has 0 saturated heterocycles. The fraction of sp³-hybridized carbons (Fsp3) is 0.917. The molecule has 0 atom stereocenters. The monoisotopic (exact) mass is 215 g/mol. The number of rotatable bonds is 4. The summed E-state index contributed by atoms with van der Waals surface area (Å²) in [6.07, 6.45) is 0. The maximum absolute atomic E-state index is 11.9. The highest BCUT2D eigenvalue weighted by atomic mass is 16.5. The summed E-state index contributed by atoms with van der Waals surface area (Å²) < 4.78 is 5.48. The fourth-order valence-corrected chi connectivity index (χ4v) is 1.53. The van der Waals surface area contributed by atoms with Gasteiger partial charge in [0.1, 0.15) is 6.61 Å². The average Bonchev–Trinajstić information content (AvgIpc) is 1.97. The van der Waals surface area contributed by atoms with Gasteiger partial charge in [0.05, 0.1) is 5.60 Å². The Kier molecular flexibility index (Phi) is 5.29. The van der Waals surface area contributed by atoms with Crippen LogP contribution in [0.1, 0.15) is 48.5 Å². The summed E-state index contributed by atoms with van der Waals surface area (Å²) in [5, 5.41) is 0. The number of hydrogen-bond donors (Lipinski definition) is 0. The summed E-state index contributed by atoms with van der Waals surface area (Å²) in [5.41, 5.74) is -0.255. The third kappa shape index (κ3) is 5.78. The van der Waals surface area contributed by atoms with Crippen molar-refractivity contribution in [2.75, 3.05) is 6.61 Å². The van der Waals surface area contributed by atoms with Crippen LogP contribution in [0.2, 0.25) is 0 Å². The average molecular weight is 215 g/mol. The van der Waals surface area contributed by atoms with E-state index in [2.05, 4.69) is 0 Å². The Morgan fingerprint density at radius 3 is 1.80 bits per heavy atom. The lowest BCUT2D eigenvalue weighted by Gasteiger charge is -2.32. The summed E-state index contributed by atoms with van der Waals surface area (Å²) in [6.45, 7) is 14.1. The van der Waals surface area contributed by atoms with Gasteiger partial charge in [-0.25, -0.2) is 0 Å². The van der Waals surface area contributed by atoms with Crippen molar-refractivity contribution in [2.45, 2.75) is 66.2 Å². The molecular weight excluding hydrogens is 190 g/mol. The molecule has 0 aromatic rings. The van der Waals surface area contributed by atoms with Gasteiger partial charge in [0.15, 0.2) is 0 Å². The third-order valence-corrected chi connectivity index (χ3v) is 2.03. The van der Waals surface area contributed by atoms with Crippen LogP contribution in [0, 0.1) is 0 Å². The van der Waals surface area contributed by atoms with Gasteiger partial charge in [0.25, 0.3) is 0 Å². The van der Waals surface area contributed by atoms with Crippen LogP contribution < -0.4 is 0 Å². The molecule has 0 unspecified atom stereocenters. The molecule has 0 spiro atoms. The summed E-state index contributed by atoms with van der Waals surface area (Å²) in [7, 11) is 0. The molecule has 0 aliphatic heterocycles. The molecular formula is C12H25NO2. The highest BCUT2D eigenvalue weighted by molar-refractivity contribution is 5.78. The van der Waals surface area contributed by atoms with Crippen molar-refractivity contribution in [3.8, 4) is 0 Å². The van der Waals surface area contributed by atoms with Gasteiger partial charge >= 0.3 is 0 Å². The lowest BCUT2D eigenvalue weighted by Crippen LogP contribution is -2.44. The molecule has 0 saturated carbocycles. The summed E-state index contributed by atoms with van der Waals surface area (Å²) in [5.74, 6) is 0.0647. The highest BCUT2D eigenvalue weighted by Crippen LogP contribution is 2.10. The van der Waals surface area contributed by atoms with Gasteiger partial charge in [-0.15, -0.1) is 0 Å². The minimum Gasteiger partial charge on any atom is -0.366 e. The Morgan fingerprint density at radius 1 is 1.13 bits per heavy atom. The molecule has 15 heavy (non-hydrogen) atoms. The van der Waals surface area contributed by atoms with E-state index in [1.54, 1.807) is 0 Å². The summed E-state index contributed by atoms with van der Waals surface area (Å²) in [6, 6.07) is 0.446. The lowest BCUT2D eigenvalue weighted by molar-refractivity contribution is -0.144. The number of hydrogen-bond acceptors (Lipinski definition) is 2. The van der Waals surface area contributed by atoms with E-state index >= 15 is 0 Å². The zero-order valence-electron chi connectivity index (χ0n) is 11.1. The fourth-order valence-electron chi connectivity index (χ4n) is 1.53. The second-order valence-corrected chi connectivity index (χ2v) is 5.39. The van der Waals surface area contributed by atoms with E-state index in [1.165, 1.54) is 0 Å². The quantitative estimate of drug-likeness (QED) is 0.721. The molecule has 0 N–H and O–H groups in total. The predicted molar refractivity (Wildman–Crippen MR) is 62.8 cm³/mol. The molecule has 0 rings (SSSR count). The van der Waals surface area contributed by atoms with E-state index in [4.69, 9.17) is 4.74 Å². The van der Waals surface area contributed by atoms with Crippen molar-refractivity contribution in [3.63, 3.8) is 0 Å². The maximum atomic E-state index is 11.9. The van der Waals surface area contributed by atoms with E-state index < -0.39 is 0 Å². The Labute approximate surface area is 93.8 Å². The van der Waals surface area contributed by atoms with Crippen LogP contribution in [-0.2, 0) is 9.53 Å². The number of nitrogens with zero attached hydrogens (tertiary/aromatic N) is 1. The lowest BCUT2D eigenvalue weighted by atomic mass is 10.2. The molecule has 0 aromatic carbocycles. The van der Waals surface area contributed by atoms with Crippen LogP contribution in [0.5, 0.6) is 0 Å². The standard InChI is InChI=1S/C12H25NO2/c1-9(2)13(10(3)4)11(14)8-15-12(5,6)7/h9-10H,8H2,1-7H3. The van der Waals surface area contributed by atoms with Crippen molar-refractivity contribution in [1.29, 1.82) is 0 Å². The van der Waals surface area contributed by atoms with E-state index in [-0.39, 0.29) is 30.2 Å². The van der Waals surface area contributed by atoms with Crippen molar-refractivity contribution >= 4 is 5.91 Å². The summed E-state index contributed by atoms with van der Waals surface area (Å²) >= 11 is 0. The number of amides is 1. The molecule has 0 fully saturated rings. The van der Waals surface area contributed by atoms with Crippen molar-refractivity contribution in [2.24, 2.45) is 0 Å². The first-order valence-corrected chi connectivity index (χ1v) is 5.60. The van der Waals surface area contributed by atoms with E-state index in [1.807, 2.05) is 53.4 Å². The Balaban J connectivity index is 4.29. The molecule has 90 valence electrons. The van der Waals surface area contributed by atoms with Crippen LogP contribution in [0.25, 0.3) is 0 Å². The predicted octanol–water partition coefficient (Wildman–Crippen LogP) is 2.45. The van der Waals surface area contributed by atoms with Gasteiger partial charge in [0, 0.05) is 12.1 Å². The second-order valence-electron chi connectivity index (χ2n) is 5.39. The van der Waals surface area contributed by atoms with Crippen LogP contribution in [0.15, 0.2) is 0 Å². The van der Waals surface area contributed by atoms with Crippen LogP contribution in [0.4, 0.5) is 0 Å². The van der Waals surface area contributed by atoms with Crippen molar-refractivity contribution < 1.29 is 9.53 Å². The van der Waals surface area contributed by atoms with Gasteiger partial charge in [-0.05, 0) is 48.5 Å². The number of carbonyl (C=O) groups is 1. The first-order valence-electron chi connectivity index (χ1n) is 5.60. The first-order chi connectivity index (χ1) is 6.65. The number of ether oxygens (including phenoxy) is 1. The SMILES string of the molecule is CC(C)N(C(=O)COC(C)(C)C)C(C)C. The van der Waals surface area contributed by atoms with Crippen LogP contribution >= 0.6 is 0 Å². The Morgan fingerprint density at radius 2 is 1.53 bits per heavy atom. The molecule has 0 bridgehead atoms. The molecule has 0 heterocycles. The highest BCUT2D eigenvalue weighted by Gasteiger charge is 2.22. The smallest absolute Gasteiger partial charge is 0.249 e. The van der Waals surface area contributed by atoms with Crippen molar-refractivity contribution in [1.82, 2.24) is 4.90 Å². The molecule has 3 heteroatoms. The van der Waals surface area contributed by atoms with Gasteiger partial charge < -0.3 is 9.64 Å². The molecule has 0 aliphatic carbocycles. The summed E-state index contributed by atoms with van der Waals surface area (Å²) in [4.78, 5) is 13.7. The van der Waals surface area contributed by atoms with Crippen molar-refractivity contribution in [3.05, 3.63) is 0 Å². The Bertz CT molecular complexity index is 196. The third-order valence-electron chi connectivity index (χ3n) is 2.03. The molecule has 1 amide bonds. The second kappa shape index (κ2) is 5.50. The normalized spacial score (nSPS) is 12.3. The topological polar surface area (TPSA) is 29.5 Å². The first kappa shape index (κ1) is 14.4. The van der Waals surface area contributed by atoms with Crippen LogP contribution in [0.3, 0.4) is 0 Å². The van der Waals surface area contributed by atoms with Gasteiger partial charge in [-0.2, -0.15) is 0 Å². The van der Waals surface area contributed by atoms with E-state index in [9.17, 15) is 4.79 Å². The molecule has 0 aromatic heterocycles.